The highest BCUT2D eigenvalue weighted by Crippen LogP contribution is 2.42. The average molecular weight is 519 g/mol. The van der Waals surface area contributed by atoms with E-state index in [4.69, 9.17) is 4.74 Å². The topological polar surface area (TPSA) is 58.6 Å². The van der Waals surface area contributed by atoms with E-state index >= 15 is 0 Å². The summed E-state index contributed by atoms with van der Waals surface area (Å²) in [7, 11) is 0. The van der Waals surface area contributed by atoms with Crippen molar-refractivity contribution >= 4 is 11.9 Å². The second-order valence-electron chi connectivity index (χ2n) is 10.9. The summed E-state index contributed by atoms with van der Waals surface area (Å²) in [4.78, 5) is 27.7. The smallest absolute Gasteiger partial charge is 0.338 e. The van der Waals surface area contributed by atoms with E-state index in [1.54, 1.807) is 6.08 Å². The van der Waals surface area contributed by atoms with Crippen LogP contribution in [-0.2, 0) is 14.3 Å². The van der Waals surface area contributed by atoms with E-state index in [9.17, 15) is 9.59 Å². The number of nitrogens with zero attached hydrogens (tertiary/aromatic N) is 1. The minimum atomic E-state index is -0.370. The second kappa shape index (κ2) is 17.6. The molecule has 2 fully saturated rings. The summed E-state index contributed by atoms with van der Waals surface area (Å²) in [6, 6.07) is 0.00827. The van der Waals surface area contributed by atoms with Gasteiger partial charge in [-0.2, -0.15) is 0 Å². The predicted octanol–water partition coefficient (Wildman–Crippen LogP) is 7.83. The van der Waals surface area contributed by atoms with Gasteiger partial charge in [-0.05, 0) is 83.1 Å². The van der Waals surface area contributed by atoms with Gasteiger partial charge in [-0.3, -0.25) is 10.1 Å². The Morgan fingerprint density at radius 1 is 1.05 bits per heavy atom. The number of hydrogen-bond donors (Lipinski definition) is 1. The van der Waals surface area contributed by atoms with Gasteiger partial charge in [-0.1, -0.05) is 79.7 Å². The summed E-state index contributed by atoms with van der Waals surface area (Å²) in [5.74, 6) is 1.78. The quantitative estimate of drug-likeness (QED) is 0.182. The number of rotatable bonds is 10. The summed E-state index contributed by atoms with van der Waals surface area (Å²) < 4.78 is 5.33. The third-order valence-electron chi connectivity index (χ3n) is 7.28. The Morgan fingerprint density at radius 3 is 2.08 bits per heavy atom. The molecule has 0 aromatic heterocycles. The van der Waals surface area contributed by atoms with Crippen molar-refractivity contribution in [2.45, 2.75) is 132 Å². The monoisotopic (exact) mass is 518 g/mol. The number of amides is 1. The zero-order chi connectivity index (χ0) is 28.8. The van der Waals surface area contributed by atoms with E-state index in [2.05, 4.69) is 51.4 Å². The van der Waals surface area contributed by atoms with Crippen LogP contribution in [0.5, 0.6) is 0 Å². The molecule has 214 valence electrons. The molecule has 5 nitrogen and oxygen atoms in total. The van der Waals surface area contributed by atoms with E-state index in [0.717, 1.165) is 50.0 Å². The zero-order valence-electron chi connectivity index (χ0n) is 25.9. The molecule has 0 radical (unpaired) electrons. The van der Waals surface area contributed by atoms with Crippen LogP contribution < -0.4 is 5.32 Å². The van der Waals surface area contributed by atoms with Crippen LogP contribution in [0.1, 0.15) is 115 Å². The van der Waals surface area contributed by atoms with Gasteiger partial charge in [0.25, 0.3) is 0 Å². The molecule has 1 unspecified atom stereocenters. The largest absolute Gasteiger partial charge is 0.459 e. The van der Waals surface area contributed by atoms with Crippen LogP contribution in [-0.4, -0.2) is 41.1 Å². The Morgan fingerprint density at radius 2 is 1.62 bits per heavy atom. The molecule has 2 aliphatic rings. The van der Waals surface area contributed by atoms with Crippen LogP contribution in [0.2, 0.25) is 0 Å². The number of hydrogen-bond acceptors (Lipinski definition) is 4. The first kappa shape index (κ1) is 35.1. The third kappa shape index (κ3) is 10.4. The van der Waals surface area contributed by atoms with Crippen molar-refractivity contribution in [2.24, 2.45) is 17.8 Å². The predicted molar refractivity (Wildman–Crippen MR) is 158 cm³/mol. The molecule has 37 heavy (non-hydrogen) atoms. The van der Waals surface area contributed by atoms with E-state index in [1.807, 2.05) is 47.6 Å². The lowest BCUT2D eigenvalue weighted by atomic mass is 9.75. The lowest BCUT2D eigenvalue weighted by Gasteiger charge is -2.48. The fraction of sp³-hybridized carbons (Fsp3) is 0.750. The van der Waals surface area contributed by atoms with Crippen molar-refractivity contribution in [1.29, 1.82) is 0 Å². The number of carbonyl (C=O) groups excluding carboxylic acids is 2. The summed E-state index contributed by atoms with van der Waals surface area (Å²) in [6.07, 6.45) is 11.4. The first-order valence-corrected chi connectivity index (χ1v) is 14.8. The molecule has 1 saturated heterocycles. The number of carbonyl (C=O) groups is 2. The molecule has 0 bridgehead atoms. The van der Waals surface area contributed by atoms with E-state index < -0.39 is 0 Å². The first-order valence-electron chi connectivity index (χ1n) is 14.8. The fourth-order valence-corrected chi connectivity index (χ4v) is 5.21. The van der Waals surface area contributed by atoms with Gasteiger partial charge in [0.1, 0.15) is 0 Å². The van der Waals surface area contributed by atoms with Crippen molar-refractivity contribution < 1.29 is 14.3 Å². The Bertz CT molecular complexity index is 756. The van der Waals surface area contributed by atoms with E-state index in [0.29, 0.717) is 24.0 Å². The van der Waals surface area contributed by atoms with Gasteiger partial charge in [-0.15, -0.1) is 0 Å². The van der Waals surface area contributed by atoms with E-state index in [1.165, 1.54) is 6.08 Å². The number of nitrogens with one attached hydrogen (secondary N) is 1. The number of esters is 1. The molecular weight excluding hydrogens is 460 g/mol. The van der Waals surface area contributed by atoms with Gasteiger partial charge < -0.3 is 9.64 Å². The SMILES string of the molecule is C=C/C(=C\C=C(/C)C(CCC(C)C)N1C(=O)CNC12CCC(C(C)C)CC2)C(=O)OC(C)C.CC.CC. The molecule has 5 heteroatoms. The normalized spacial score (nSPS) is 23.0. The lowest BCUT2D eigenvalue weighted by Crippen LogP contribution is -2.58. The minimum Gasteiger partial charge on any atom is -0.459 e. The van der Waals surface area contributed by atoms with Crippen LogP contribution in [0, 0.1) is 17.8 Å². The molecule has 1 amide bonds. The van der Waals surface area contributed by atoms with Gasteiger partial charge in [0.15, 0.2) is 0 Å². The highest BCUT2D eigenvalue weighted by molar-refractivity contribution is 5.91. The molecule has 1 aliphatic heterocycles. The summed E-state index contributed by atoms with van der Waals surface area (Å²) in [6.45, 7) is 27.0. The first-order chi connectivity index (χ1) is 17.5. The zero-order valence-corrected chi connectivity index (χ0v) is 25.9. The Kier molecular flexibility index (Phi) is 16.7. The maximum absolute atomic E-state index is 13.2. The highest BCUT2D eigenvalue weighted by Gasteiger charge is 2.50. The molecule has 1 saturated carbocycles. The Hall–Kier alpha value is -1.88. The van der Waals surface area contributed by atoms with Gasteiger partial charge in [-0.25, -0.2) is 4.79 Å². The molecule has 0 aromatic rings. The molecule has 0 aromatic carbocycles. The molecule has 1 spiro atoms. The van der Waals surface area contributed by atoms with Crippen LogP contribution >= 0.6 is 0 Å². The Balaban J connectivity index is 0.00000308. The Labute approximate surface area is 229 Å². The third-order valence-corrected chi connectivity index (χ3v) is 7.28. The maximum atomic E-state index is 13.2. The number of allylic oxidation sites excluding steroid dienone is 2. The van der Waals surface area contributed by atoms with Crippen molar-refractivity contribution in [2.75, 3.05) is 6.54 Å². The van der Waals surface area contributed by atoms with E-state index in [-0.39, 0.29) is 29.7 Å². The summed E-state index contributed by atoms with van der Waals surface area (Å²) in [5, 5.41) is 3.61. The summed E-state index contributed by atoms with van der Waals surface area (Å²) in [5.41, 5.74) is 1.28. The molecule has 1 heterocycles. The van der Waals surface area contributed by atoms with Crippen LogP contribution in [0.15, 0.2) is 36.0 Å². The second-order valence-corrected chi connectivity index (χ2v) is 10.9. The fourth-order valence-electron chi connectivity index (χ4n) is 5.21. The minimum absolute atomic E-state index is 0.00827. The van der Waals surface area contributed by atoms with Crippen LogP contribution in [0.4, 0.5) is 0 Å². The van der Waals surface area contributed by atoms with Gasteiger partial charge >= 0.3 is 5.97 Å². The standard InChI is InChI=1S/C28H46N2O3.2C2H6/c1-9-23(27(32)33-21(6)7)12-11-22(8)25(13-10-19(2)3)30-26(31)18-29-28(30)16-14-24(15-17-28)20(4)5;2*1-2/h9,11-12,19-21,24-25,29H,1,10,13-18H2,2-8H3;2*1-2H3/b22-11+,23-12+;;. The maximum Gasteiger partial charge on any atom is 0.338 e. The van der Waals surface area contributed by atoms with Crippen molar-refractivity contribution in [3.63, 3.8) is 0 Å². The summed E-state index contributed by atoms with van der Waals surface area (Å²) >= 11 is 0. The molecule has 2 rings (SSSR count). The van der Waals surface area contributed by atoms with Crippen LogP contribution in [0.3, 0.4) is 0 Å². The molecule has 1 N–H and O–H groups in total. The average Bonchev–Trinajstić information content (AvgIpc) is 3.17. The van der Waals surface area contributed by atoms with Gasteiger partial charge in [0.2, 0.25) is 5.91 Å². The molecule has 1 aliphatic carbocycles. The molecule has 1 atom stereocenters. The lowest BCUT2D eigenvalue weighted by molar-refractivity contribution is -0.142. The van der Waals surface area contributed by atoms with Crippen molar-refractivity contribution in [1.82, 2.24) is 10.2 Å². The van der Waals surface area contributed by atoms with Gasteiger partial charge in [0.05, 0.1) is 29.9 Å². The van der Waals surface area contributed by atoms with Crippen molar-refractivity contribution in [3.05, 3.63) is 36.0 Å². The number of ether oxygens (including phenoxy) is 1. The highest BCUT2D eigenvalue weighted by atomic mass is 16.5. The van der Waals surface area contributed by atoms with Gasteiger partial charge in [0, 0.05) is 0 Å². The molecular formula is C32H58N2O3. The van der Waals surface area contributed by atoms with Crippen LogP contribution in [0.25, 0.3) is 0 Å². The van der Waals surface area contributed by atoms with Crippen molar-refractivity contribution in [3.8, 4) is 0 Å².